The Morgan fingerprint density at radius 2 is 0.896 bits per heavy atom. The van der Waals surface area contributed by atoms with Crippen LogP contribution in [0, 0.1) is 0 Å². The van der Waals surface area contributed by atoms with Crippen LogP contribution in [0.5, 0.6) is 0 Å². The van der Waals surface area contributed by atoms with Crippen LogP contribution in [-0.4, -0.2) is 46.1 Å². The molecule has 0 aliphatic rings. The highest BCUT2D eigenvalue weighted by atomic mass is 16.3. The normalized spacial score (nSPS) is 13.9. The maximum atomic E-state index is 12.4. The number of amides is 1. The van der Waals surface area contributed by atoms with E-state index in [0.29, 0.717) is 6.42 Å². The van der Waals surface area contributed by atoms with Crippen molar-refractivity contribution in [3.8, 4) is 0 Å². The maximum absolute atomic E-state index is 12.4. The van der Waals surface area contributed by atoms with Crippen LogP contribution in [0.1, 0.15) is 219 Å². The Morgan fingerprint density at radius 3 is 1.33 bits per heavy atom. The monoisotopic (exact) mass is 678 g/mol. The largest absolute Gasteiger partial charge is 0.394 e. The Bertz CT molecular complexity index is 709. The number of hydrogen-bond donors (Lipinski definition) is 4. The summed E-state index contributed by atoms with van der Waals surface area (Å²) in [4.78, 5) is 12.4. The number of aliphatic hydroxyl groups excluding tert-OH is 3. The predicted octanol–water partition coefficient (Wildman–Crippen LogP) is 11.8. The quantitative estimate of drug-likeness (QED) is 0.0387. The molecule has 0 saturated carbocycles. The molecule has 0 bridgehead atoms. The highest BCUT2D eigenvalue weighted by Crippen LogP contribution is 2.16. The van der Waals surface area contributed by atoms with E-state index >= 15 is 0 Å². The van der Waals surface area contributed by atoms with Crippen molar-refractivity contribution in [2.24, 2.45) is 0 Å². The third-order valence-corrected chi connectivity index (χ3v) is 9.74. The minimum Gasteiger partial charge on any atom is -0.394 e. The fraction of sp³-hybridized carbons (Fsp3) is 0.884. The molecule has 0 aromatic carbocycles. The highest BCUT2D eigenvalue weighted by Gasteiger charge is 2.20. The van der Waals surface area contributed by atoms with E-state index < -0.39 is 18.2 Å². The molecule has 0 aromatic heterocycles. The lowest BCUT2D eigenvalue weighted by Crippen LogP contribution is -2.45. The molecule has 3 unspecified atom stereocenters. The molecule has 5 heteroatoms. The van der Waals surface area contributed by atoms with Crippen molar-refractivity contribution >= 4 is 5.91 Å². The first kappa shape index (κ1) is 46.8. The zero-order valence-electron chi connectivity index (χ0n) is 32.1. The van der Waals surface area contributed by atoms with Gasteiger partial charge in [0.1, 0.15) is 0 Å². The van der Waals surface area contributed by atoms with Gasteiger partial charge in [-0.15, -0.1) is 0 Å². The maximum Gasteiger partial charge on any atom is 0.222 e. The molecule has 1 amide bonds. The molecule has 0 heterocycles. The molecule has 0 aliphatic heterocycles. The van der Waals surface area contributed by atoms with Crippen LogP contribution < -0.4 is 5.32 Å². The first-order chi connectivity index (χ1) is 23.5. The van der Waals surface area contributed by atoms with Gasteiger partial charge in [0.25, 0.3) is 0 Å². The van der Waals surface area contributed by atoms with Gasteiger partial charge < -0.3 is 20.6 Å². The number of aliphatic hydroxyl groups is 3. The molecule has 284 valence electrons. The van der Waals surface area contributed by atoms with Crippen LogP contribution in [0.15, 0.2) is 24.3 Å². The van der Waals surface area contributed by atoms with Gasteiger partial charge in [-0.1, -0.05) is 205 Å². The minimum atomic E-state index is -0.947. The van der Waals surface area contributed by atoms with Crippen LogP contribution in [0.2, 0.25) is 0 Å². The highest BCUT2D eigenvalue weighted by molar-refractivity contribution is 5.76. The summed E-state index contributed by atoms with van der Waals surface area (Å²) in [7, 11) is 0. The zero-order valence-corrected chi connectivity index (χ0v) is 32.1. The number of carbonyl (C=O) groups is 1. The van der Waals surface area contributed by atoms with Gasteiger partial charge in [-0.2, -0.15) is 0 Å². The van der Waals surface area contributed by atoms with Crippen molar-refractivity contribution < 1.29 is 20.1 Å². The predicted molar refractivity (Wildman–Crippen MR) is 208 cm³/mol. The van der Waals surface area contributed by atoms with E-state index in [-0.39, 0.29) is 18.9 Å². The fourth-order valence-electron chi connectivity index (χ4n) is 6.47. The summed E-state index contributed by atoms with van der Waals surface area (Å²) >= 11 is 0. The second-order valence-electron chi connectivity index (χ2n) is 14.6. The SMILES string of the molecule is CCCCCCCCCCCC/C=C/CC/C=C/C(O)C(CO)NC(=O)CC(O)CCCCCCCCCCCCCCCCCCC. The van der Waals surface area contributed by atoms with Crippen molar-refractivity contribution in [3.63, 3.8) is 0 Å². The third-order valence-electron chi connectivity index (χ3n) is 9.74. The second kappa shape index (κ2) is 38.6. The molecule has 3 atom stereocenters. The summed E-state index contributed by atoms with van der Waals surface area (Å²) in [6.45, 7) is 4.20. The lowest BCUT2D eigenvalue weighted by atomic mass is 10.0. The van der Waals surface area contributed by atoms with Crippen molar-refractivity contribution in [3.05, 3.63) is 24.3 Å². The molecule has 5 nitrogen and oxygen atoms in total. The van der Waals surface area contributed by atoms with Crippen molar-refractivity contribution in [2.45, 2.75) is 238 Å². The Kier molecular flexibility index (Phi) is 37.7. The lowest BCUT2D eigenvalue weighted by Gasteiger charge is -2.21. The molecular formula is C43H83NO4. The van der Waals surface area contributed by atoms with Gasteiger partial charge in [0, 0.05) is 0 Å². The first-order valence-corrected chi connectivity index (χ1v) is 21.1. The molecule has 0 aliphatic carbocycles. The van der Waals surface area contributed by atoms with E-state index in [0.717, 1.165) is 32.1 Å². The average Bonchev–Trinajstić information content (AvgIpc) is 3.08. The van der Waals surface area contributed by atoms with E-state index in [4.69, 9.17) is 0 Å². The van der Waals surface area contributed by atoms with Gasteiger partial charge >= 0.3 is 0 Å². The molecule has 48 heavy (non-hydrogen) atoms. The summed E-state index contributed by atoms with van der Waals surface area (Å²) in [5, 5.41) is 33.1. The first-order valence-electron chi connectivity index (χ1n) is 21.1. The third kappa shape index (κ3) is 34.7. The summed E-state index contributed by atoms with van der Waals surface area (Å²) in [6.07, 6.45) is 46.0. The molecule has 0 saturated heterocycles. The van der Waals surface area contributed by atoms with Gasteiger partial charge in [0.05, 0.1) is 31.3 Å². The van der Waals surface area contributed by atoms with Crippen molar-refractivity contribution in [1.82, 2.24) is 5.32 Å². The van der Waals surface area contributed by atoms with Crippen LogP contribution in [0.3, 0.4) is 0 Å². The summed E-state index contributed by atoms with van der Waals surface area (Å²) < 4.78 is 0. The minimum absolute atomic E-state index is 0.00956. The van der Waals surface area contributed by atoms with E-state index in [1.165, 1.54) is 161 Å². The second-order valence-corrected chi connectivity index (χ2v) is 14.6. The fourth-order valence-corrected chi connectivity index (χ4v) is 6.47. The summed E-state index contributed by atoms with van der Waals surface area (Å²) in [5.41, 5.74) is 0. The van der Waals surface area contributed by atoms with Crippen molar-refractivity contribution in [1.29, 1.82) is 0 Å². The van der Waals surface area contributed by atoms with Gasteiger partial charge in [-0.05, 0) is 32.1 Å². The van der Waals surface area contributed by atoms with Crippen LogP contribution in [0.4, 0.5) is 0 Å². The van der Waals surface area contributed by atoms with Gasteiger partial charge in [0.15, 0.2) is 0 Å². The number of carbonyl (C=O) groups excluding carboxylic acids is 1. The number of rotatable bonds is 38. The molecular weight excluding hydrogens is 594 g/mol. The summed E-state index contributed by atoms with van der Waals surface area (Å²) in [5.74, 6) is -0.323. The number of unbranched alkanes of at least 4 members (excludes halogenated alkanes) is 27. The number of hydrogen-bond acceptors (Lipinski definition) is 4. The average molecular weight is 678 g/mol. The van der Waals surface area contributed by atoms with E-state index in [2.05, 4.69) is 31.3 Å². The van der Waals surface area contributed by atoms with E-state index in [1.54, 1.807) is 6.08 Å². The van der Waals surface area contributed by atoms with Crippen LogP contribution in [0.25, 0.3) is 0 Å². The van der Waals surface area contributed by atoms with Crippen LogP contribution >= 0.6 is 0 Å². The molecule has 0 spiro atoms. The Hall–Kier alpha value is -1.17. The molecule has 0 aromatic rings. The Morgan fingerprint density at radius 1 is 0.521 bits per heavy atom. The van der Waals surface area contributed by atoms with Gasteiger partial charge in [-0.25, -0.2) is 0 Å². The number of nitrogens with one attached hydrogen (secondary N) is 1. The molecule has 0 rings (SSSR count). The van der Waals surface area contributed by atoms with Gasteiger partial charge in [-0.3, -0.25) is 4.79 Å². The lowest BCUT2D eigenvalue weighted by molar-refractivity contribution is -0.124. The molecule has 0 fully saturated rings. The van der Waals surface area contributed by atoms with E-state index in [9.17, 15) is 20.1 Å². The number of allylic oxidation sites excluding steroid dienone is 3. The molecule has 4 N–H and O–H groups in total. The topological polar surface area (TPSA) is 89.8 Å². The van der Waals surface area contributed by atoms with E-state index in [1.807, 2.05) is 6.08 Å². The Labute approximate surface area is 299 Å². The Balaban J connectivity index is 3.70. The molecule has 0 radical (unpaired) electrons. The van der Waals surface area contributed by atoms with Crippen molar-refractivity contribution in [2.75, 3.05) is 6.61 Å². The summed E-state index contributed by atoms with van der Waals surface area (Å²) in [6, 6.07) is -0.756. The zero-order chi connectivity index (χ0) is 35.2. The van der Waals surface area contributed by atoms with Crippen LogP contribution in [-0.2, 0) is 4.79 Å². The van der Waals surface area contributed by atoms with Gasteiger partial charge in [0.2, 0.25) is 5.91 Å². The smallest absolute Gasteiger partial charge is 0.222 e. The standard InChI is InChI=1S/C43H83NO4/c1-3-5-7-9-11-13-15-17-19-21-22-24-26-28-30-32-34-36-40(46)38-43(48)44-41(39-45)42(47)37-35-33-31-29-27-25-23-20-18-16-14-12-10-8-6-4-2/h27,29,35,37,40-42,45-47H,3-26,28,30-34,36,38-39H2,1-2H3,(H,44,48)/b29-27+,37-35+.